The lowest BCUT2D eigenvalue weighted by Gasteiger charge is -2.47. The van der Waals surface area contributed by atoms with E-state index in [-0.39, 0.29) is 0 Å². The van der Waals surface area contributed by atoms with Crippen molar-refractivity contribution in [3.8, 4) is 0 Å². The van der Waals surface area contributed by atoms with E-state index in [0.29, 0.717) is 11.5 Å². The van der Waals surface area contributed by atoms with Crippen LogP contribution in [-0.4, -0.2) is 36.6 Å². The third-order valence-electron chi connectivity index (χ3n) is 4.34. The maximum Gasteiger partial charge on any atom is 0.0219 e. The van der Waals surface area contributed by atoms with Crippen LogP contribution in [0.2, 0.25) is 0 Å². The molecule has 1 saturated carbocycles. The number of nitrogens with one attached hydrogen (secondary N) is 1. The predicted octanol–water partition coefficient (Wildman–Crippen LogP) is 2.25. The first kappa shape index (κ1) is 11.4. The summed E-state index contributed by atoms with van der Waals surface area (Å²) >= 11 is 0. The second kappa shape index (κ2) is 4.42. The maximum absolute atomic E-state index is 3.59. The molecule has 0 radical (unpaired) electrons. The Kier molecular flexibility index (Phi) is 3.36. The highest BCUT2D eigenvalue weighted by Gasteiger charge is 2.36. The van der Waals surface area contributed by atoms with E-state index in [1.807, 2.05) is 0 Å². The number of piperazine rings is 1. The van der Waals surface area contributed by atoms with Gasteiger partial charge in [0.05, 0.1) is 0 Å². The van der Waals surface area contributed by atoms with Gasteiger partial charge in [-0.15, -0.1) is 0 Å². The van der Waals surface area contributed by atoms with Gasteiger partial charge in [-0.2, -0.15) is 0 Å². The van der Waals surface area contributed by atoms with Crippen LogP contribution in [0.5, 0.6) is 0 Å². The van der Waals surface area contributed by atoms with Crippen LogP contribution in [-0.2, 0) is 0 Å². The molecule has 1 heterocycles. The third-order valence-corrected chi connectivity index (χ3v) is 4.34. The number of rotatable bonds is 3. The predicted molar refractivity (Wildman–Crippen MR) is 65.1 cm³/mol. The van der Waals surface area contributed by atoms with E-state index in [1.165, 1.54) is 45.3 Å². The minimum Gasteiger partial charge on any atom is -0.311 e. The van der Waals surface area contributed by atoms with Crippen LogP contribution < -0.4 is 5.32 Å². The summed E-state index contributed by atoms with van der Waals surface area (Å²) in [6.07, 6.45) is 5.63. The molecule has 0 bridgehead atoms. The Morgan fingerprint density at radius 1 is 1.40 bits per heavy atom. The third kappa shape index (κ3) is 2.54. The molecule has 2 unspecified atom stereocenters. The molecule has 2 aliphatic rings. The molecule has 0 spiro atoms. The van der Waals surface area contributed by atoms with Crippen molar-refractivity contribution in [1.82, 2.24) is 10.2 Å². The number of hydrogen-bond acceptors (Lipinski definition) is 2. The smallest absolute Gasteiger partial charge is 0.0219 e. The van der Waals surface area contributed by atoms with E-state index in [9.17, 15) is 0 Å². The molecule has 88 valence electrons. The van der Waals surface area contributed by atoms with Gasteiger partial charge in [0.15, 0.2) is 0 Å². The van der Waals surface area contributed by atoms with Crippen LogP contribution in [0.3, 0.4) is 0 Å². The van der Waals surface area contributed by atoms with Gasteiger partial charge in [0.2, 0.25) is 0 Å². The van der Waals surface area contributed by atoms with Crippen molar-refractivity contribution in [2.24, 2.45) is 5.41 Å². The zero-order valence-corrected chi connectivity index (χ0v) is 10.6. The molecule has 2 fully saturated rings. The second-order valence-electron chi connectivity index (χ2n) is 5.97. The Morgan fingerprint density at radius 2 is 2.13 bits per heavy atom. The quantitative estimate of drug-likeness (QED) is 0.768. The molecule has 0 aromatic heterocycles. The van der Waals surface area contributed by atoms with Crippen LogP contribution in [0, 0.1) is 5.41 Å². The van der Waals surface area contributed by atoms with Crippen LogP contribution in [0.15, 0.2) is 0 Å². The van der Waals surface area contributed by atoms with Crippen LogP contribution in [0.25, 0.3) is 0 Å². The molecule has 2 heteroatoms. The van der Waals surface area contributed by atoms with Crippen molar-refractivity contribution >= 4 is 0 Å². The Morgan fingerprint density at radius 3 is 2.67 bits per heavy atom. The fraction of sp³-hybridized carbons (Fsp3) is 1.00. The normalized spacial score (nSPS) is 36.2. The summed E-state index contributed by atoms with van der Waals surface area (Å²) in [4.78, 5) is 2.74. The fourth-order valence-electron chi connectivity index (χ4n) is 3.06. The highest BCUT2D eigenvalue weighted by Crippen LogP contribution is 2.41. The van der Waals surface area contributed by atoms with Gasteiger partial charge in [-0.1, -0.05) is 20.3 Å². The monoisotopic (exact) mass is 210 g/mol. The van der Waals surface area contributed by atoms with Gasteiger partial charge in [0, 0.05) is 31.7 Å². The first-order chi connectivity index (χ1) is 7.13. The highest BCUT2D eigenvalue weighted by atomic mass is 15.2. The van der Waals surface area contributed by atoms with Gasteiger partial charge >= 0.3 is 0 Å². The zero-order chi connectivity index (χ0) is 10.9. The van der Waals surface area contributed by atoms with Crippen molar-refractivity contribution in [3.63, 3.8) is 0 Å². The van der Waals surface area contributed by atoms with Crippen LogP contribution >= 0.6 is 0 Å². The largest absolute Gasteiger partial charge is 0.311 e. The zero-order valence-electron chi connectivity index (χ0n) is 10.6. The highest BCUT2D eigenvalue weighted by molar-refractivity contribution is 4.91. The van der Waals surface area contributed by atoms with Crippen molar-refractivity contribution < 1.29 is 0 Å². The topological polar surface area (TPSA) is 15.3 Å². The number of nitrogens with zero attached hydrogens (tertiary/aromatic N) is 1. The molecular weight excluding hydrogens is 184 g/mol. The molecule has 1 saturated heterocycles. The van der Waals surface area contributed by atoms with Crippen molar-refractivity contribution in [3.05, 3.63) is 0 Å². The average molecular weight is 210 g/mol. The van der Waals surface area contributed by atoms with Gasteiger partial charge in [0.25, 0.3) is 0 Å². The molecule has 0 amide bonds. The molecule has 15 heavy (non-hydrogen) atoms. The molecular formula is C13H26N2. The van der Waals surface area contributed by atoms with Gasteiger partial charge in [-0.25, -0.2) is 0 Å². The van der Waals surface area contributed by atoms with E-state index in [0.717, 1.165) is 6.04 Å². The van der Waals surface area contributed by atoms with Crippen molar-refractivity contribution in [2.75, 3.05) is 19.6 Å². The van der Waals surface area contributed by atoms with E-state index in [1.54, 1.807) is 0 Å². The maximum atomic E-state index is 3.59. The minimum atomic E-state index is 0.643. The summed E-state index contributed by atoms with van der Waals surface area (Å²) in [6.45, 7) is 10.9. The average Bonchev–Trinajstić information content (AvgIpc) is 2.16. The molecule has 1 N–H and O–H groups in total. The van der Waals surface area contributed by atoms with Crippen LogP contribution in [0.4, 0.5) is 0 Å². The molecule has 2 atom stereocenters. The Hall–Kier alpha value is -0.0800. The SMILES string of the molecule is CCC1CNC(C)CN1CC1(C)CCC1. The lowest BCUT2D eigenvalue weighted by molar-refractivity contribution is 0.0369. The Balaban J connectivity index is 1.91. The Labute approximate surface area is 94.4 Å². The van der Waals surface area contributed by atoms with E-state index < -0.39 is 0 Å². The summed E-state index contributed by atoms with van der Waals surface area (Å²) in [7, 11) is 0. The lowest BCUT2D eigenvalue weighted by atomic mass is 9.70. The van der Waals surface area contributed by atoms with Gasteiger partial charge in [-0.05, 0) is 31.6 Å². The minimum absolute atomic E-state index is 0.643. The summed E-state index contributed by atoms with van der Waals surface area (Å²) in [5, 5.41) is 3.59. The lowest BCUT2D eigenvalue weighted by Crippen LogP contribution is -2.58. The second-order valence-corrected chi connectivity index (χ2v) is 5.97. The molecule has 2 rings (SSSR count). The molecule has 0 aromatic rings. The molecule has 2 nitrogen and oxygen atoms in total. The fourth-order valence-corrected chi connectivity index (χ4v) is 3.06. The molecule has 1 aliphatic heterocycles. The van der Waals surface area contributed by atoms with E-state index >= 15 is 0 Å². The van der Waals surface area contributed by atoms with Gasteiger partial charge < -0.3 is 5.32 Å². The molecule has 0 aromatic carbocycles. The van der Waals surface area contributed by atoms with E-state index in [2.05, 4.69) is 31.0 Å². The Bertz CT molecular complexity index is 211. The summed E-state index contributed by atoms with van der Waals surface area (Å²) in [5.74, 6) is 0. The first-order valence-corrected chi connectivity index (χ1v) is 6.60. The van der Waals surface area contributed by atoms with Crippen molar-refractivity contribution in [1.29, 1.82) is 0 Å². The van der Waals surface area contributed by atoms with Gasteiger partial charge in [0.1, 0.15) is 0 Å². The molecule has 1 aliphatic carbocycles. The summed E-state index contributed by atoms with van der Waals surface area (Å²) in [5.41, 5.74) is 0.643. The van der Waals surface area contributed by atoms with Gasteiger partial charge in [-0.3, -0.25) is 4.90 Å². The van der Waals surface area contributed by atoms with Crippen molar-refractivity contribution in [2.45, 2.75) is 58.5 Å². The summed E-state index contributed by atoms with van der Waals surface area (Å²) < 4.78 is 0. The standard InChI is InChI=1S/C13H26N2/c1-4-12-8-14-11(2)9-15(12)10-13(3)6-5-7-13/h11-12,14H,4-10H2,1-3H3. The summed E-state index contributed by atoms with van der Waals surface area (Å²) in [6, 6.07) is 1.45. The van der Waals surface area contributed by atoms with E-state index in [4.69, 9.17) is 0 Å². The first-order valence-electron chi connectivity index (χ1n) is 6.60. The number of hydrogen-bond donors (Lipinski definition) is 1. The van der Waals surface area contributed by atoms with Crippen LogP contribution in [0.1, 0.15) is 46.5 Å².